The minimum Gasteiger partial charge on any atom is -0.480 e. The molecule has 0 spiro atoms. The smallest absolute Gasteiger partial charge is 0.326 e. The second-order valence-electron chi connectivity index (χ2n) is 5.08. The van der Waals surface area contributed by atoms with Gasteiger partial charge >= 0.3 is 5.97 Å². The average Bonchev–Trinajstić information content (AvgIpc) is 2.22. The van der Waals surface area contributed by atoms with Crippen LogP contribution in [0.4, 0.5) is 0 Å². The van der Waals surface area contributed by atoms with Gasteiger partial charge in [0.2, 0.25) is 5.91 Å². The molecule has 0 saturated heterocycles. The van der Waals surface area contributed by atoms with Gasteiger partial charge in [-0.05, 0) is 6.42 Å². The summed E-state index contributed by atoms with van der Waals surface area (Å²) < 4.78 is -0.271. The Morgan fingerprint density at radius 1 is 1.37 bits per heavy atom. The van der Waals surface area contributed by atoms with E-state index in [1.165, 1.54) is 0 Å². The van der Waals surface area contributed by atoms with E-state index in [2.05, 4.69) is 11.9 Å². The second-order valence-corrected chi connectivity index (χ2v) is 6.96. The first-order chi connectivity index (χ1) is 8.65. The Labute approximate surface area is 117 Å². The Bertz CT molecular complexity index is 360. The summed E-state index contributed by atoms with van der Waals surface area (Å²) in [6, 6.07) is -1.17. The van der Waals surface area contributed by atoms with Gasteiger partial charge in [0.1, 0.15) is 6.04 Å². The lowest BCUT2D eigenvalue weighted by Gasteiger charge is -2.18. The molecule has 5 nitrogen and oxygen atoms in total. The van der Waals surface area contributed by atoms with Crippen LogP contribution in [0.25, 0.3) is 0 Å². The summed E-state index contributed by atoms with van der Waals surface area (Å²) in [7, 11) is 0. The summed E-state index contributed by atoms with van der Waals surface area (Å²) in [5, 5.41) is 11.1. The lowest BCUT2D eigenvalue weighted by molar-refractivity contribution is -0.142. The SMILES string of the molecule is C=CCCC(=O)N[C@@H](CC(=O)SC(C)(C)C)C(=O)O. The summed E-state index contributed by atoms with van der Waals surface area (Å²) >= 11 is 1.08. The third kappa shape index (κ3) is 9.30. The summed E-state index contributed by atoms with van der Waals surface area (Å²) in [4.78, 5) is 34.2. The molecule has 0 aromatic rings. The Hall–Kier alpha value is -1.30. The van der Waals surface area contributed by atoms with Crippen molar-refractivity contribution in [3.8, 4) is 0 Å². The van der Waals surface area contributed by atoms with Gasteiger partial charge in [0, 0.05) is 17.6 Å². The number of carboxylic acid groups (broad SMARTS) is 1. The van der Waals surface area contributed by atoms with Crippen molar-refractivity contribution >= 4 is 28.8 Å². The first-order valence-corrected chi connectivity index (χ1v) is 6.82. The van der Waals surface area contributed by atoms with Crippen LogP contribution in [0, 0.1) is 0 Å². The molecule has 0 unspecified atom stereocenters. The number of allylic oxidation sites excluding steroid dienone is 1. The average molecular weight is 287 g/mol. The highest BCUT2D eigenvalue weighted by Gasteiger charge is 2.25. The summed E-state index contributed by atoms with van der Waals surface area (Å²) in [5.74, 6) is -1.59. The molecule has 0 rings (SSSR count). The molecule has 0 aliphatic rings. The van der Waals surface area contributed by atoms with Crippen LogP contribution >= 0.6 is 11.8 Å². The predicted molar refractivity (Wildman–Crippen MR) is 76.0 cm³/mol. The van der Waals surface area contributed by atoms with Gasteiger partial charge in [-0.25, -0.2) is 4.79 Å². The van der Waals surface area contributed by atoms with E-state index in [1.807, 2.05) is 20.8 Å². The molecule has 1 atom stereocenters. The van der Waals surface area contributed by atoms with Gasteiger partial charge in [0.25, 0.3) is 0 Å². The van der Waals surface area contributed by atoms with E-state index in [0.29, 0.717) is 6.42 Å². The van der Waals surface area contributed by atoms with E-state index in [9.17, 15) is 14.4 Å². The van der Waals surface area contributed by atoms with E-state index < -0.39 is 12.0 Å². The number of nitrogens with one attached hydrogen (secondary N) is 1. The molecule has 1 amide bonds. The summed E-state index contributed by atoms with van der Waals surface area (Å²) in [6.07, 6.45) is 2.02. The topological polar surface area (TPSA) is 83.5 Å². The van der Waals surface area contributed by atoms with E-state index in [0.717, 1.165) is 11.8 Å². The van der Waals surface area contributed by atoms with Gasteiger partial charge in [-0.1, -0.05) is 38.6 Å². The van der Waals surface area contributed by atoms with E-state index in [4.69, 9.17) is 5.11 Å². The zero-order chi connectivity index (χ0) is 15.1. The fourth-order valence-corrected chi connectivity index (χ4v) is 2.18. The lowest BCUT2D eigenvalue weighted by atomic mass is 10.2. The number of amides is 1. The molecule has 0 aromatic heterocycles. The third-order valence-electron chi connectivity index (χ3n) is 2.00. The summed E-state index contributed by atoms with van der Waals surface area (Å²) in [6.45, 7) is 9.09. The van der Waals surface area contributed by atoms with Crippen molar-refractivity contribution in [1.29, 1.82) is 0 Å². The van der Waals surface area contributed by atoms with Crippen molar-refractivity contribution in [2.75, 3.05) is 0 Å². The highest BCUT2D eigenvalue weighted by atomic mass is 32.2. The fraction of sp³-hybridized carbons (Fsp3) is 0.615. The minimum atomic E-state index is -1.20. The maximum Gasteiger partial charge on any atom is 0.326 e. The fourth-order valence-electron chi connectivity index (χ4n) is 1.25. The van der Waals surface area contributed by atoms with Crippen LogP contribution in [-0.4, -0.2) is 32.9 Å². The molecule has 0 bridgehead atoms. The summed E-state index contributed by atoms with van der Waals surface area (Å²) in [5.41, 5.74) is 0. The van der Waals surface area contributed by atoms with E-state index in [-0.39, 0.29) is 28.6 Å². The highest BCUT2D eigenvalue weighted by Crippen LogP contribution is 2.25. The van der Waals surface area contributed by atoms with Crippen LogP contribution in [0.5, 0.6) is 0 Å². The molecule has 0 radical (unpaired) electrons. The molecular weight excluding hydrogens is 266 g/mol. The van der Waals surface area contributed by atoms with Crippen LogP contribution in [0.2, 0.25) is 0 Å². The third-order valence-corrected chi connectivity index (χ3v) is 3.01. The monoisotopic (exact) mass is 287 g/mol. The molecule has 0 aliphatic heterocycles. The first kappa shape index (κ1) is 17.7. The van der Waals surface area contributed by atoms with E-state index >= 15 is 0 Å². The number of carboxylic acids is 1. The number of hydrogen-bond acceptors (Lipinski definition) is 4. The predicted octanol–water partition coefficient (Wildman–Crippen LogP) is 1.97. The normalized spacial score (nSPS) is 12.6. The first-order valence-electron chi connectivity index (χ1n) is 6.00. The molecule has 6 heteroatoms. The zero-order valence-corrected chi connectivity index (χ0v) is 12.4. The standard InChI is InChI=1S/C13H21NO4S/c1-5-6-7-10(15)14-9(12(17)18)8-11(16)19-13(2,3)4/h5,9H,1,6-8H2,2-4H3,(H,14,15)(H,17,18)/t9-/m0/s1. The van der Waals surface area contributed by atoms with Crippen molar-refractivity contribution in [2.24, 2.45) is 0 Å². The molecular formula is C13H21NO4S. The second kappa shape index (κ2) is 7.99. The van der Waals surface area contributed by atoms with Crippen LogP contribution in [0.15, 0.2) is 12.7 Å². The quantitative estimate of drug-likeness (QED) is 0.699. The minimum absolute atomic E-state index is 0.174. The number of hydrogen-bond donors (Lipinski definition) is 2. The number of rotatable bonds is 7. The van der Waals surface area contributed by atoms with Crippen molar-refractivity contribution < 1.29 is 19.5 Å². The van der Waals surface area contributed by atoms with Crippen molar-refractivity contribution in [3.63, 3.8) is 0 Å². The Kier molecular flexibility index (Phi) is 7.44. The molecule has 2 N–H and O–H groups in total. The van der Waals surface area contributed by atoms with Gasteiger partial charge in [0.15, 0.2) is 5.12 Å². The maximum absolute atomic E-state index is 11.7. The molecule has 0 heterocycles. The Morgan fingerprint density at radius 2 is 1.95 bits per heavy atom. The number of aliphatic carboxylic acids is 1. The number of thioether (sulfide) groups is 1. The molecule has 19 heavy (non-hydrogen) atoms. The molecule has 0 aromatic carbocycles. The van der Waals surface area contributed by atoms with Crippen molar-refractivity contribution in [3.05, 3.63) is 12.7 Å². The molecule has 0 fully saturated rings. The largest absolute Gasteiger partial charge is 0.480 e. The molecule has 108 valence electrons. The Morgan fingerprint density at radius 3 is 2.37 bits per heavy atom. The molecule has 0 aliphatic carbocycles. The van der Waals surface area contributed by atoms with Gasteiger partial charge in [-0.2, -0.15) is 0 Å². The van der Waals surface area contributed by atoms with Crippen molar-refractivity contribution in [2.45, 2.75) is 50.8 Å². The zero-order valence-electron chi connectivity index (χ0n) is 11.6. The number of carbonyl (C=O) groups is 3. The highest BCUT2D eigenvalue weighted by molar-refractivity contribution is 8.14. The van der Waals surface area contributed by atoms with Crippen LogP contribution in [0.1, 0.15) is 40.0 Å². The van der Waals surface area contributed by atoms with Crippen LogP contribution in [0.3, 0.4) is 0 Å². The van der Waals surface area contributed by atoms with Crippen LogP contribution < -0.4 is 5.32 Å². The van der Waals surface area contributed by atoms with Crippen molar-refractivity contribution in [1.82, 2.24) is 5.32 Å². The van der Waals surface area contributed by atoms with E-state index in [1.54, 1.807) is 6.08 Å². The van der Waals surface area contributed by atoms with Crippen LogP contribution in [-0.2, 0) is 14.4 Å². The van der Waals surface area contributed by atoms with Gasteiger partial charge in [-0.3, -0.25) is 9.59 Å². The molecule has 0 saturated carbocycles. The van der Waals surface area contributed by atoms with Gasteiger partial charge in [0.05, 0.1) is 0 Å². The maximum atomic E-state index is 11.7. The lowest BCUT2D eigenvalue weighted by Crippen LogP contribution is -2.42. The van der Waals surface area contributed by atoms with Gasteiger partial charge in [-0.15, -0.1) is 6.58 Å². The van der Waals surface area contributed by atoms with Gasteiger partial charge < -0.3 is 10.4 Å². The Balaban J connectivity index is 4.42. The number of carbonyl (C=O) groups excluding carboxylic acids is 2.